The van der Waals surface area contributed by atoms with Gasteiger partial charge in [0.25, 0.3) is 11.8 Å². The number of rotatable bonds is 8. The molecule has 184 valence electrons. The number of hydrogen-bond donors (Lipinski definition) is 2. The van der Waals surface area contributed by atoms with Crippen molar-refractivity contribution in [1.82, 2.24) is 14.9 Å². The van der Waals surface area contributed by atoms with Crippen LogP contribution in [0.1, 0.15) is 74.1 Å². The summed E-state index contributed by atoms with van der Waals surface area (Å²) in [5.74, 6) is 0.121. The Bertz CT molecular complexity index is 1240. The van der Waals surface area contributed by atoms with Gasteiger partial charge in [0.2, 0.25) is 0 Å². The molecule has 7 heteroatoms. The Balaban J connectivity index is 1.68. The molecule has 2 atom stereocenters. The van der Waals surface area contributed by atoms with Crippen molar-refractivity contribution in [1.29, 1.82) is 0 Å². The van der Waals surface area contributed by atoms with E-state index in [1.807, 2.05) is 36.5 Å². The number of carbonyl (C=O) groups is 2. The van der Waals surface area contributed by atoms with Crippen LogP contribution in [0, 0.1) is 11.3 Å². The Morgan fingerprint density at radius 3 is 2.57 bits per heavy atom. The van der Waals surface area contributed by atoms with Crippen LogP contribution in [0.5, 0.6) is 0 Å². The zero-order valence-corrected chi connectivity index (χ0v) is 21.1. The second-order valence-corrected chi connectivity index (χ2v) is 10.1. The first-order chi connectivity index (χ1) is 16.8. The van der Waals surface area contributed by atoms with E-state index in [1.54, 1.807) is 10.7 Å². The second kappa shape index (κ2) is 10.0. The normalized spacial score (nSPS) is 19.0. The van der Waals surface area contributed by atoms with Gasteiger partial charge in [-0.1, -0.05) is 46.2 Å². The summed E-state index contributed by atoms with van der Waals surface area (Å²) in [5.41, 5.74) is 4.62. The van der Waals surface area contributed by atoms with Gasteiger partial charge in [0.15, 0.2) is 0 Å². The lowest BCUT2D eigenvalue weighted by Crippen LogP contribution is -2.34. The Kier molecular flexibility index (Phi) is 7.05. The van der Waals surface area contributed by atoms with Crippen molar-refractivity contribution in [2.75, 3.05) is 11.9 Å². The molecule has 2 heterocycles. The van der Waals surface area contributed by atoms with Crippen molar-refractivity contribution >= 4 is 29.7 Å². The number of benzene rings is 1. The number of hydrogen-bond acceptors (Lipinski definition) is 4. The van der Waals surface area contributed by atoms with Gasteiger partial charge in [0, 0.05) is 29.9 Å². The highest BCUT2D eigenvalue weighted by atomic mass is 16.2. The molecule has 0 aliphatic heterocycles. The van der Waals surface area contributed by atoms with Gasteiger partial charge >= 0.3 is 0 Å². The highest BCUT2D eigenvalue weighted by Gasteiger charge is 2.41. The number of amides is 2. The Morgan fingerprint density at radius 1 is 1.20 bits per heavy atom. The predicted octanol–water partition coefficient (Wildman–Crippen LogP) is 5.61. The SMILES string of the molecule is C=NC(=O)c1cnn2cc(-c3ccc(C(=O)NCCCC)cc3)cc2c1N[C@@H]1CCC(C)C1(C)C. The lowest BCUT2D eigenvalue weighted by atomic mass is 9.80. The Hall–Kier alpha value is -3.48. The van der Waals surface area contributed by atoms with Crippen LogP contribution in [-0.2, 0) is 0 Å². The van der Waals surface area contributed by atoms with Gasteiger partial charge in [0.1, 0.15) is 0 Å². The number of aliphatic imine (C=N–C) groups is 1. The van der Waals surface area contributed by atoms with Crippen LogP contribution in [0.4, 0.5) is 5.69 Å². The van der Waals surface area contributed by atoms with Crippen LogP contribution in [0.3, 0.4) is 0 Å². The van der Waals surface area contributed by atoms with Crippen molar-refractivity contribution in [3.63, 3.8) is 0 Å². The molecule has 0 saturated heterocycles. The molecule has 1 aromatic carbocycles. The van der Waals surface area contributed by atoms with Crippen molar-refractivity contribution in [3.05, 3.63) is 53.9 Å². The molecular weight excluding hydrogens is 438 g/mol. The number of fused-ring (bicyclic) bond motifs is 1. The summed E-state index contributed by atoms with van der Waals surface area (Å²) in [7, 11) is 0. The van der Waals surface area contributed by atoms with Gasteiger partial charge in [-0.2, -0.15) is 5.10 Å². The third-order valence-corrected chi connectivity index (χ3v) is 7.68. The van der Waals surface area contributed by atoms with Crippen LogP contribution >= 0.6 is 0 Å². The summed E-state index contributed by atoms with van der Waals surface area (Å²) in [4.78, 5) is 28.6. The van der Waals surface area contributed by atoms with E-state index in [0.717, 1.165) is 48.0 Å². The van der Waals surface area contributed by atoms with Crippen molar-refractivity contribution < 1.29 is 9.59 Å². The van der Waals surface area contributed by atoms with E-state index in [-0.39, 0.29) is 17.4 Å². The Labute approximate surface area is 207 Å². The lowest BCUT2D eigenvalue weighted by Gasteiger charge is -2.33. The molecule has 1 fully saturated rings. The summed E-state index contributed by atoms with van der Waals surface area (Å²) in [5, 5.41) is 11.1. The van der Waals surface area contributed by atoms with Gasteiger partial charge in [-0.15, -0.1) is 0 Å². The maximum absolute atomic E-state index is 12.6. The molecule has 2 aromatic heterocycles. The summed E-state index contributed by atoms with van der Waals surface area (Å²) >= 11 is 0. The van der Waals surface area contributed by atoms with E-state index < -0.39 is 5.91 Å². The van der Waals surface area contributed by atoms with E-state index in [4.69, 9.17) is 0 Å². The number of nitrogens with one attached hydrogen (secondary N) is 2. The minimum absolute atomic E-state index is 0.0614. The topological polar surface area (TPSA) is 87.9 Å². The van der Waals surface area contributed by atoms with Crippen molar-refractivity contribution in [3.8, 4) is 11.1 Å². The number of anilines is 1. The number of carbonyl (C=O) groups excluding carboxylic acids is 2. The first-order valence-electron chi connectivity index (χ1n) is 12.4. The monoisotopic (exact) mass is 473 g/mol. The van der Waals surface area contributed by atoms with Crippen LogP contribution < -0.4 is 10.6 Å². The maximum atomic E-state index is 12.6. The van der Waals surface area contributed by atoms with E-state index in [1.165, 1.54) is 0 Å². The molecule has 0 bridgehead atoms. The standard InChI is InChI=1S/C28H35N5O2/c1-6-7-14-30-26(34)20-11-9-19(10-12-20)21-15-23-25(32-24-13-8-18(2)28(24,3)4)22(27(35)29-5)16-31-33(23)17-21/h9-12,15-18,24,32H,5-8,13-14H2,1-4H3,(H,30,34)/t18?,24-/m1/s1. The van der Waals surface area contributed by atoms with Gasteiger partial charge in [-0.05, 0) is 61.1 Å². The first-order valence-corrected chi connectivity index (χ1v) is 12.4. The first kappa shape index (κ1) is 24.6. The third kappa shape index (κ3) is 4.85. The van der Waals surface area contributed by atoms with Gasteiger partial charge < -0.3 is 10.6 Å². The minimum Gasteiger partial charge on any atom is -0.379 e. The van der Waals surface area contributed by atoms with E-state index in [0.29, 0.717) is 23.6 Å². The number of unbranched alkanes of at least 4 members (excludes halogenated alkanes) is 1. The fourth-order valence-corrected chi connectivity index (χ4v) is 4.84. The van der Waals surface area contributed by atoms with Crippen LogP contribution in [-0.4, -0.2) is 40.7 Å². The molecule has 2 amide bonds. The number of nitrogens with zero attached hydrogens (tertiary/aromatic N) is 3. The molecule has 1 aliphatic carbocycles. The minimum atomic E-state index is -0.396. The highest BCUT2D eigenvalue weighted by Crippen LogP contribution is 2.44. The van der Waals surface area contributed by atoms with Crippen molar-refractivity contribution in [2.45, 2.75) is 59.4 Å². The molecule has 1 unspecified atom stereocenters. The molecule has 35 heavy (non-hydrogen) atoms. The summed E-state index contributed by atoms with van der Waals surface area (Å²) < 4.78 is 1.79. The summed E-state index contributed by atoms with van der Waals surface area (Å²) in [6, 6.07) is 9.81. The average molecular weight is 474 g/mol. The fourth-order valence-electron chi connectivity index (χ4n) is 4.84. The smallest absolute Gasteiger partial charge is 0.280 e. The fraction of sp³-hybridized carbons (Fsp3) is 0.429. The van der Waals surface area contributed by atoms with Gasteiger partial charge in [-0.25, -0.2) is 9.51 Å². The van der Waals surface area contributed by atoms with E-state index in [2.05, 4.69) is 55.1 Å². The largest absolute Gasteiger partial charge is 0.379 e. The molecule has 4 rings (SSSR count). The van der Waals surface area contributed by atoms with E-state index >= 15 is 0 Å². The van der Waals surface area contributed by atoms with Crippen molar-refractivity contribution in [2.24, 2.45) is 16.3 Å². The van der Waals surface area contributed by atoms with Crippen LogP contribution in [0.15, 0.2) is 47.7 Å². The second-order valence-electron chi connectivity index (χ2n) is 10.1. The summed E-state index contributed by atoms with van der Waals surface area (Å²) in [6.07, 6.45) is 7.68. The quantitative estimate of drug-likeness (QED) is 0.329. The molecule has 0 spiro atoms. The summed E-state index contributed by atoms with van der Waals surface area (Å²) in [6.45, 7) is 13.0. The van der Waals surface area contributed by atoms with E-state index in [9.17, 15) is 9.59 Å². The lowest BCUT2D eigenvalue weighted by molar-refractivity contribution is 0.0952. The molecular formula is C28H35N5O2. The Morgan fingerprint density at radius 2 is 1.94 bits per heavy atom. The predicted molar refractivity (Wildman–Crippen MR) is 141 cm³/mol. The molecule has 0 radical (unpaired) electrons. The van der Waals surface area contributed by atoms with Crippen LogP contribution in [0.2, 0.25) is 0 Å². The zero-order chi connectivity index (χ0) is 25.2. The molecule has 1 saturated carbocycles. The zero-order valence-electron chi connectivity index (χ0n) is 21.1. The molecule has 3 aromatic rings. The number of aromatic nitrogens is 2. The average Bonchev–Trinajstić information content (AvgIpc) is 3.40. The van der Waals surface area contributed by atoms with Gasteiger partial charge in [-0.3, -0.25) is 9.59 Å². The van der Waals surface area contributed by atoms with Gasteiger partial charge in [0.05, 0.1) is 23.0 Å². The molecule has 1 aliphatic rings. The highest BCUT2D eigenvalue weighted by molar-refractivity contribution is 6.05. The molecule has 7 nitrogen and oxygen atoms in total. The maximum Gasteiger partial charge on any atom is 0.280 e. The van der Waals surface area contributed by atoms with Crippen LogP contribution in [0.25, 0.3) is 16.6 Å². The molecule has 2 N–H and O–H groups in total. The third-order valence-electron chi connectivity index (χ3n) is 7.68.